The molecule has 3 heterocycles. The fourth-order valence-electron chi connectivity index (χ4n) is 4.22. The summed E-state index contributed by atoms with van der Waals surface area (Å²) < 4.78 is 2.00. The molecule has 4 rings (SSSR count). The highest BCUT2D eigenvalue weighted by Crippen LogP contribution is 2.26. The molecule has 0 spiro atoms. The third-order valence-electron chi connectivity index (χ3n) is 5.95. The number of thiophene rings is 1. The van der Waals surface area contributed by atoms with Crippen molar-refractivity contribution in [2.75, 3.05) is 31.1 Å². The normalized spacial score (nSPS) is 16.9. The van der Waals surface area contributed by atoms with E-state index in [0.29, 0.717) is 0 Å². The fourth-order valence-corrected chi connectivity index (χ4v) is 5.10. The number of piperazine rings is 1. The Morgan fingerprint density at radius 3 is 2.48 bits per heavy atom. The zero-order valence-electron chi connectivity index (χ0n) is 18.0. The molecule has 7 heteroatoms. The number of anilines is 1. The van der Waals surface area contributed by atoms with Gasteiger partial charge in [0.1, 0.15) is 0 Å². The van der Waals surface area contributed by atoms with E-state index in [1.165, 1.54) is 26.6 Å². The number of benzene rings is 1. The first-order chi connectivity index (χ1) is 13.9. The van der Waals surface area contributed by atoms with Gasteiger partial charge in [-0.3, -0.25) is 0 Å². The first-order valence-electron chi connectivity index (χ1n) is 10.3. The van der Waals surface area contributed by atoms with Crippen molar-refractivity contribution in [2.45, 2.75) is 46.2 Å². The molecular weight excluding hydrogens is 380 g/mol. The highest BCUT2D eigenvalue weighted by atomic mass is 32.1. The van der Waals surface area contributed by atoms with E-state index < -0.39 is 0 Å². The van der Waals surface area contributed by atoms with Crippen molar-refractivity contribution in [2.24, 2.45) is 0 Å². The summed E-state index contributed by atoms with van der Waals surface area (Å²) in [5.41, 5.74) is 3.98. The van der Waals surface area contributed by atoms with Crippen LogP contribution in [-0.2, 0) is 5.54 Å². The van der Waals surface area contributed by atoms with Crippen LogP contribution in [0.3, 0.4) is 0 Å². The lowest BCUT2D eigenvalue weighted by molar-refractivity contribution is -0.926. The van der Waals surface area contributed by atoms with Crippen LogP contribution < -0.4 is 9.80 Å². The van der Waals surface area contributed by atoms with Gasteiger partial charge in [0.05, 0.1) is 36.6 Å². The summed E-state index contributed by atoms with van der Waals surface area (Å²) in [6.45, 7) is 15.1. The standard InChI is InChI=1S/C22H30N6S/c1-16-8-6-9-18(17(16)2)26-11-13-27(14-12-26)20(19-10-7-15-29-19)21-23-24-25-28(21)22(3,4)5/h6-10,15,20H,11-14H2,1-5H3/p+1/t20-/m0/s1. The van der Waals surface area contributed by atoms with E-state index in [4.69, 9.17) is 0 Å². The molecule has 0 unspecified atom stereocenters. The summed E-state index contributed by atoms with van der Waals surface area (Å²) in [4.78, 5) is 5.40. The number of hydrogen-bond donors (Lipinski definition) is 1. The Bertz CT molecular complexity index is 948. The number of hydrogen-bond acceptors (Lipinski definition) is 5. The molecule has 154 valence electrons. The lowest BCUT2D eigenvalue weighted by Gasteiger charge is -2.38. The number of nitrogens with one attached hydrogen (secondary N) is 1. The lowest BCUT2D eigenvalue weighted by Crippen LogP contribution is -3.15. The zero-order chi connectivity index (χ0) is 20.6. The van der Waals surface area contributed by atoms with Crippen LogP contribution in [0.1, 0.15) is 48.6 Å². The van der Waals surface area contributed by atoms with E-state index in [1.54, 1.807) is 11.3 Å². The SMILES string of the molecule is Cc1cccc(N2CC[NH+]([C@@H](c3cccs3)c3nnnn3C(C)(C)C)CC2)c1C. The van der Waals surface area contributed by atoms with Gasteiger partial charge in [-0.1, -0.05) is 18.2 Å². The second kappa shape index (κ2) is 7.88. The molecule has 6 nitrogen and oxygen atoms in total. The van der Waals surface area contributed by atoms with Crippen LogP contribution in [0.25, 0.3) is 0 Å². The number of rotatable bonds is 4. The predicted octanol–water partition coefficient (Wildman–Crippen LogP) is 2.60. The summed E-state index contributed by atoms with van der Waals surface area (Å²) in [6, 6.07) is 11.1. The van der Waals surface area contributed by atoms with Crippen molar-refractivity contribution in [3.05, 3.63) is 57.5 Å². The summed E-state index contributed by atoms with van der Waals surface area (Å²) in [7, 11) is 0. The van der Waals surface area contributed by atoms with Gasteiger partial charge < -0.3 is 9.80 Å². The Kier molecular flexibility index (Phi) is 5.44. The van der Waals surface area contributed by atoms with Gasteiger partial charge in [0, 0.05) is 5.69 Å². The van der Waals surface area contributed by atoms with Crippen molar-refractivity contribution >= 4 is 17.0 Å². The monoisotopic (exact) mass is 411 g/mol. The molecule has 0 bridgehead atoms. The van der Waals surface area contributed by atoms with Crippen molar-refractivity contribution in [1.82, 2.24) is 20.2 Å². The van der Waals surface area contributed by atoms with Crippen molar-refractivity contribution in [3.63, 3.8) is 0 Å². The van der Waals surface area contributed by atoms with Crippen LogP contribution in [0.4, 0.5) is 5.69 Å². The molecule has 29 heavy (non-hydrogen) atoms. The molecule has 2 aromatic heterocycles. The number of quaternary nitrogens is 1. The molecule has 0 radical (unpaired) electrons. The molecule has 1 aliphatic heterocycles. The number of tetrazole rings is 1. The third kappa shape index (κ3) is 3.94. The van der Waals surface area contributed by atoms with Crippen LogP contribution in [0, 0.1) is 13.8 Å². The molecule has 1 aliphatic rings. The Labute approximate surface area is 177 Å². The van der Waals surface area contributed by atoms with Crippen LogP contribution in [-0.4, -0.2) is 46.4 Å². The molecule has 3 aromatic rings. The van der Waals surface area contributed by atoms with Crippen molar-refractivity contribution in [1.29, 1.82) is 0 Å². The van der Waals surface area contributed by atoms with Crippen LogP contribution in [0.15, 0.2) is 35.7 Å². The Morgan fingerprint density at radius 2 is 1.83 bits per heavy atom. The second-order valence-corrected chi connectivity index (χ2v) is 9.91. The summed E-state index contributed by atoms with van der Waals surface area (Å²) in [5, 5.41) is 15.0. The maximum Gasteiger partial charge on any atom is 0.215 e. The molecule has 0 saturated carbocycles. The molecule has 0 aliphatic carbocycles. The van der Waals surface area contributed by atoms with Crippen LogP contribution in [0.2, 0.25) is 0 Å². The first-order valence-corrected chi connectivity index (χ1v) is 11.2. The minimum absolute atomic E-state index is 0.145. The van der Waals surface area contributed by atoms with E-state index in [-0.39, 0.29) is 11.6 Å². The van der Waals surface area contributed by atoms with Gasteiger partial charge >= 0.3 is 0 Å². The average Bonchev–Trinajstić information content (AvgIpc) is 3.37. The number of aryl methyl sites for hydroxylation is 1. The highest BCUT2D eigenvalue weighted by Gasteiger charge is 2.37. The van der Waals surface area contributed by atoms with Gasteiger partial charge in [-0.2, -0.15) is 0 Å². The minimum Gasteiger partial charge on any atom is -0.360 e. The second-order valence-electron chi connectivity index (χ2n) is 8.93. The van der Waals surface area contributed by atoms with Crippen LogP contribution >= 0.6 is 11.3 Å². The quantitative estimate of drug-likeness (QED) is 0.717. The Balaban J connectivity index is 1.60. The average molecular weight is 412 g/mol. The van der Waals surface area contributed by atoms with Gasteiger partial charge in [0.15, 0.2) is 6.04 Å². The summed E-state index contributed by atoms with van der Waals surface area (Å²) in [6.07, 6.45) is 0. The Morgan fingerprint density at radius 1 is 1.07 bits per heavy atom. The molecule has 1 saturated heterocycles. The summed E-state index contributed by atoms with van der Waals surface area (Å²) in [5.74, 6) is 0.968. The van der Waals surface area contributed by atoms with E-state index in [1.807, 2.05) is 4.68 Å². The zero-order valence-corrected chi connectivity index (χ0v) is 18.8. The minimum atomic E-state index is -0.145. The molecule has 1 atom stereocenters. The van der Waals surface area contributed by atoms with E-state index in [2.05, 4.69) is 90.8 Å². The maximum absolute atomic E-state index is 4.49. The van der Waals surface area contributed by atoms with Crippen LogP contribution in [0.5, 0.6) is 0 Å². The van der Waals surface area contributed by atoms with Crippen molar-refractivity contribution in [3.8, 4) is 0 Å². The largest absolute Gasteiger partial charge is 0.360 e. The van der Waals surface area contributed by atoms with Gasteiger partial charge in [-0.05, 0) is 73.7 Å². The van der Waals surface area contributed by atoms with Crippen molar-refractivity contribution < 1.29 is 4.90 Å². The molecular formula is C22H31N6S+. The van der Waals surface area contributed by atoms with E-state index >= 15 is 0 Å². The van der Waals surface area contributed by atoms with E-state index in [9.17, 15) is 0 Å². The molecule has 1 N–H and O–H groups in total. The smallest absolute Gasteiger partial charge is 0.215 e. The van der Waals surface area contributed by atoms with Gasteiger partial charge in [0.25, 0.3) is 0 Å². The maximum atomic E-state index is 4.49. The lowest BCUT2D eigenvalue weighted by atomic mass is 10.1. The third-order valence-corrected chi connectivity index (χ3v) is 6.88. The molecule has 0 amide bonds. The number of nitrogens with zero attached hydrogens (tertiary/aromatic N) is 5. The molecule has 1 fully saturated rings. The highest BCUT2D eigenvalue weighted by molar-refractivity contribution is 7.10. The van der Waals surface area contributed by atoms with Gasteiger partial charge in [-0.25, -0.2) is 4.68 Å². The fraction of sp³-hybridized carbons (Fsp3) is 0.500. The molecule has 1 aromatic carbocycles. The number of aromatic nitrogens is 4. The predicted molar refractivity (Wildman–Crippen MR) is 118 cm³/mol. The van der Waals surface area contributed by atoms with Gasteiger partial charge in [-0.15, -0.1) is 16.4 Å². The Hall–Kier alpha value is -2.25. The van der Waals surface area contributed by atoms with E-state index in [0.717, 1.165) is 32.0 Å². The van der Waals surface area contributed by atoms with Gasteiger partial charge in [0.2, 0.25) is 5.82 Å². The topological polar surface area (TPSA) is 51.3 Å². The first kappa shape index (κ1) is 20.0. The summed E-state index contributed by atoms with van der Waals surface area (Å²) >= 11 is 1.80.